The third-order valence-corrected chi connectivity index (χ3v) is 5.41. The molecule has 29 heavy (non-hydrogen) atoms. The Labute approximate surface area is 172 Å². The normalized spacial score (nSPS) is 10.8. The molecule has 4 aromatic rings. The highest BCUT2D eigenvalue weighted by molar-refractivity contribution is 7.11. The molecule has 0 radical (unpaired) electrons. The van der Waals surface area contributed by atoms with Crippen LogP contribution in [-0.4, -0.2) is 34.9 Å². The predicted molar refractivity (Wildman–Crippen MR) is 115 cm³/mol. The molecule has 3 N–H and O–H groups in total. The van der Waals surface area contributed by atoms with Gasteiger partial charge in [0.2, 0.25) is 5.91 Å². The van der Waals surface area contributed by atoms with Gasteiger partial charge in [-0.1, -0.05) is 48.5 Å². The van der Waals surface area contributed by atoms with E-state index in [2.05, 4.69) is 44.9 Å². The SMILES string of the molecule is O=C(CNC(=O)c1cncs1)NCCc1c(-c2ccccc2)[nH]c2ccccc12. The predicted octanol–water partition coefficient (Wildman–Crippen LogP) is 3.38. The molecule has 0 bridgehead atoms. The van der Waals surface area contributed by atoms with Crippen molar-refractivity contribution in [1.29, 1.82) is 0 Å². The monoisotopic (exact) mass is 404 g/mol. The number of amides is 2. The van der Waals surface area contributed by atoms with E-state index in [1.165, 1.54) is 23.1 Å². The zero-order valence-corrected chi connectivity index (χ0v) is 16.5. The summed E-state index contributed by atoms with van der Waals surface area (Å²) >= 11 is 1.24. The van der Waals surface area contributed by atoms with Crippen LogP contribution < -0.4 is 10.6 Å². The highest BCUT2D eigenvalue weighted by Crippen LogP contribution is 2.30. The summed E-state index contributed by atoms with van der Waals surface area (Å²) < 4.78 is 0. The number of thiazole rings is 1. The summed E-state index contributed by atoms with van der Waals surface area (Å²) in [6.07, 6.45) is 2.17. The number of hydrogen-bond acceptors (Lipinski definition) is 4. The van der Waals surface area contributed by atoms with Crippen molar-refractivity contribution >= 4 is 34.1 Å². The van der Waals surface area contributed by atoms with Crippen LogP contribution in [0.15, 0.2) is 66.3 Å². The molecule has 0 fully saturated rings. The number of hydrogen-bond donors (Lipinski definition) is 3. The number of aromatic amines is 1. The Balaban J connectivity index is 1.40. The standard InChI is InChI=1S/C22H20N4O2S/c27-20(13-25-22(28)19-12-23-14-29-19)24-11-10-17-16-8-4-5-9-18(16)26-21(17)15-6-2-1-3-7-15/h1-9,12,14,26H,10-11,13H2,(H,24,27)(H,25,28). The van der Waals surface area contributed by atoms with Crippen molar-refractivity contribution in [1.82, 2.24) is 20.6 Å². The molecule has 2 amide bonds. The first-order valence-corrected chi connectivity index (χ1v) is 10.2. The van der Waals surface area contributed by atoms with E-state index in [4.69, 9.17) is 0 Å². The lowest BCUT2D eigenvalue weighted by atomic mass is 10.0. The van der Waals surface area contributed by atoms with Crippen LogP contribution in [-0.2, 0) is 11.2 Å². The first-order valence-electron chi connectivity index (χ1n) is 9.31. The molecule has 6 nitrogen and oxygen atoms in total. The van der Waals surface area contributed by atoms with E-state index < -0.39 is 0 Å². The number of aromatic nitrogens is 2. The second-order valence-corrected chi connectivity index (χ2v) is 7.42. The Kier molecular flexibility index (Phi) is 5.67. The summed E-state index contributed by atoms with van der Waals surface area (Å²) in [5, 5.41) is 6.65. The second kappa shape index (κ2) is 8.70. The molecule has 0 unspecified atom stereocenters. The molecule has 2 heterocycles. The van der Waals surface area contributed by atoms with Gasteiger partial charge in [0.15, 0.2) is 0 Å². The van der Waals surface area contributed by atoms with Crippen molar-refractivity contribution in [3.05, 3.63) is 76.7 Å². The van der Waals surface area contributed by atoms with Gasteiger partial charge in [0, 0.05) is 23.1 Å². The number of H-pyrrole nitrogens is 1. The van der Waals surface area contributed by atoms with E-state index in [-0.39, 0.29) is 18.4 Å². The first kappa shape index (κ1) is 18.9. The average molecular weight is 404 g/mol. The topological polar surface area (TPSA) is 86.9 Å². The fraction of sp³-hybridized carbons (Fsp3) is 0.136. The van der Waals surface area contributed by atoms with Crippen LogP contribution in [0.1, 0.15) is 15.2 Å². The Morgan fingerprint density at radius 3 is 2.59 bits per heavy atom. The number of rotatable bonds is 7. The first-order chi connectivity index (χ1) is 14.2. The molecule has 0 saturated carbocycles. The molecule has 146 valence electrons. The minimum absolute atomic E-state index is 0.0594. The summed E-state index contributed by atoms with van der Waals surface area (Å²) in [5.41, 5.74) is 6.01. The molecule has 0 spiro atoms. The van der Waals surface area contributed by atoms with Crippen molar-refractivity contribution in [2.24, 2.45) is 0 Å². The summed E-state index contributed by atoms with van der Waals surface area (Å²) in [4.78, 5) is 31.9. The molecule has 7 heteroatoms. The maximum atomic E-state index is 12.1. The van der Waals surface area contributed by atoms with Gasteiger partial charge < -0.3 is 15.6 Å². The highest BCUT2D eigenvalue weighted by atomic mass is 32.1. The number of nitrogens with zero attached hydrogens (tertiary/aromatic N) is 1. The molecule has 4 rings (SSSR count). The minimum atomic E-state index is -0.286. The fourth-order valence-electron chi connectivity index (χ4n) is 3.28. The zero-order chi connectivity index (χ0) is 20.1. The van der Waals surface area contributed by atoms with Crippen LogP contribution in [0.25, 0.3) is 22.2 Å². The van der Waals surface area contributed by atoms with Crippen LogP contribution in [0.4, 0.5) is 0 Å². The summed E-state index contributed by atoms with van der Waals surface area (Å²) in [5.74, 6) is -0.505. The van der Waals surface area contributed by atoms with Gasteiger partial charge >= 0.3 is 0 Å². The number of benzene rings is 2. The van der Waals surface area contributed by atoms with Crippen LogP contribution in [0.5, 0.6) is 0 Å². The van der Waals surface area contributed by atoms with Gasteiger partial charge in [-0.2, -0.15) is 0 Å². The van der Waals surface area contributed by atoms with Crippen LogP contribution in [0.2, 0.25) is 0 Å². The van der Waals surface area contributed by atoms with Crippen LogP contribution in [0.3, 0.4) is 0 Å². The zero-order valence-electron chi connectivity index (χ0n) is 15.6. The number of carbonyl (C=O) groups excluding carboxylic acids is 2. The average Bonchev–Trinajstić information content (AvgIpc) is 3.41. The van der Waals surface area contributed by atoms with Gasteiger partial charge in [-0.15, -0.1) is 11.3 Å². The van der Waals surface area contributed by atoms with Crippen molar-refractivity contribution in [3.8, 4) is 11.3 Å². The number of para-hydroxylation sites is 1. The summed E-state index contributed by atoms with van der Waals surface area (Å²) in [7, 11) is 0. The van der Waals surface area contributed by atoms with Gasteiger partial charge in [0.05, 0.1) is 18.3 Å². The van der Waals surface area contributed by atoms with Crippen molar-refractivity contribution < 1.29 is 9.59 Å². The highest BCUT2D eigenvalue weighted by Gasteiger charge is 2.13. The Bertz CT molecular complexity index is 1120. The van der Waals surface area contributed by atoms with Crippen molar-refractivity contribution in [2.75, 3.05) is 13.1 Å². The Morgan fingerprint density at radius 1 is 1.00 bits per heavy atom. The van der Waals surface area contributed by atoms with E-state index in [0.717, 1.165) is 22.2 Å². The van der Waals surface area contributed by atoms with Crippen molar-refractivity contribution in [3.63, 3.8) is 0 Å². The number of carbonyl (C=O) groups is 2. The lowest BCUT2D eigenvalue weighted by molar-refractivity contribution is -0.120. The van der Waals surface area contributed by atoms with E-state index in [0.29, 0.717) is 17.8 Å². The third kappa shape index (κ3) is 4.35. The lowest BCUT2D eigenvalue weighted by Crippen LogP contribution is -2.37. The lowest BCUT2D eigenvalue weighted by Gasteiger charge is -2.08. The molecule has 0 aliphatic carbocycles. The van der Waals surface area contributed by atoms with Gasteiger partial charge in [-0.05, 0) is 23.6 Å². The van der Waals surface area contributed by atoms with Crippen LogP contribution in [0, 0.1) is 0 Å². The molecular weight excluding hydrogens is 384 g/mol. The fourth-order valence-corrected chi connectivity index (χ4v) is 3.81. The maximum absolute atomic E-state index is 12.1. The Morgan fingerprint density at radius 2 is 1.79 bits per heavy atom. The Hall–Kier alpha value is -3.45. The van der Waals surface area contributed by atoms with E-state index >= 15 is 0 Å². The quantitative estimate of drug-likeness (QED) is 0.441. The maximum Gasteiger partial charge on any atom is 0.263 e. The van der Waals surface area contributed by atoms with E-state index in [1.807, 2.05) is 30.3 Å². The van der Waals surface area contributed by atoms with E-state index in [1.54, 1.807) is 5.51 Å². The molecule has 0 atom stereocenters. The minimum Gasteiger partial charge on any atom is -0.354 e. The van der Waals surface area contributed by atoms with Crippen LogP contribution >= 0.6 is 11.3 Å². The largest absolute Gasteiger partial charge is 0.354 e. The number of fused-ring (bicyclic) bond motifs is 1. The molecular formula is C22H20N4O2S. The molecule has 0 aliphatic rings. The number of nitrogens with one attached hydrogen (secondary N) is 3. The van der Waals surface area contributed by atoms with Gasteiger partial charge in [0.25, 0.3) is 5.91 Å². The summed E-state index contributed by atoms with van der Waals surface area (Å²) in [6.45, 7) is 0.424. The van der Waals surface area contributed by atoms with Gasteiger partial charge in [0.1, 0.15) is 4.88 Å². The molecule has 2 aromatic carbocycles. The molecule has 2 aromatic heterocycles. The van der Waals surface area contributed by atoms with Gasteiger partial charge in [-0.25, -0.2) is 0 Å². The third-order valence-electron chi connectivity index (χ3n) is 4.64. The second-order valence-electron chi connectivity index (χ2n) is 6.54. The molecule has 0 aliphatic heterocycles. The smallest absolute Gasteiger partial charge is 0.263 e. The summed E-state index contributed by atoms with van der Waals surface area (Å²) in [6, 6.07) is 18.3. The van der Waals surface area contributed by atoms with Gasteiger partial charge in [-0.3, -0.25) is 14.6 Å². The molecule has 0 saturated heterocycles. The van der Waals surface area contributed by atoms with Crippen molar-refractivity contribution in [2.45, 2.75) is 6.42 Å². The van der Waals surface area contributed by atoms with E-state index in [9.17, 15) is 9.59 Å².